The van der Waals surface area contributed by atoms with Gasteiger partial charge in [0.1, 0.15) is 10.8 Å². The van der Waals surface area contributed by atoms with Crippen molar-refractivity contribution in [1.29, 1.82) is 0 Å². The molecule has 1 aromatic heterocycles. The van der Waals surface area contributed by atoms with Gasteiger partial charge in [-0.3, -0.25) is 9.59 Å². The molecule has 0 radical (unpaired) electrons. The van der Waals surface area contributed by atoms with E-state index < -0.39 is 18.0 Å². The summed E-state index contributed by atoms with van der Waals surface area (Å²) >= 11 is 1.04. The van der Waals surface area contributed by atoms with Crippen LogP contribution in [0.2, 0.25) is 0 Å². The highest BCUT2D eigenvalue weighted by Crippen LogP contribution is 2.39. The number of ether oxygens (including phenoxy) is 1. The molecule has 2 aromatic rings. The molecule has 1 aromatic carbocycles. The number of methoxy groups -OCH3 is 1. The number of hydrogen-bond acceptors (Lipinski definition) is 4. The van der Waals surface area contributed by atoms with Gasteiger partial charge in [0.15, 0.2) is 0 Å². The third kappa shape index (κ3) is 4.30. The van der Waals surface area contributed by atoms with Crippen molar-refractivity contribution < 1.29 is 27.5 Å². The quantitative estimate of drug-likeness (QED) is 0.711. The molecule has 0 spiro atoms. The summed E-state index contributed by atoms with van der Waals surface area (Å²) in [4.78, 5) is 25.3. The molecule has 0 fully saturated rings. The number of halogens is 3. The Morgan fingerprint density at radius 3 is 2.50 bits per heavy atom. The van der Waals surface area contributed by atoms with E-state index in [0.717, 1.165) is 35.5 Å². The van der Waals surface area contributed by atoms with Crippen LogP contribution in [0.15, 0.2) is 24.3 Å². The van der Waals surface area contributed by atoms with Crippen LogP contribution in [0.25, 0.3) is 0 Å². The van der Waals surface area contributed by atoms with Crippen LogP contribution in [0.4, 0.5) is 23.9 Å². The first-order valence-corrected chi connectivity index (χ1v) is 9.60. The first-order valence-electron chi connectivity index (χ1n) is 8.78. The largest absolute Gasteiger partial charge is 0.495 e. The Hall–Kier alpha value is -2.55. The molecule has 1 aliphatic carbocycles. The van der Waals surface area contributed by atoms with E-state index >= 15 is 0 Å². The second-order valence-electron chi connectivity index (χ2n) is 6.37. The number of anilines is 2. The monoisotopic (exact) mass is 412 g/mol. The first-order chi connectivity index (χ1) is 13.3. The summed E-state index contributed by atoms with van der Waals surface area (Å²) in [6, 6.07) is 6.74. The zero-order valence-corrected chi connectivity index (χ0v) is 15.9. The molecule has 5 nitrogen and oxygen atoms in total. The number of carbonyl (C=O) groups excluding carboxylic acids is 2. The van der Waals surface area contributed by atoms with Gasteiger partial charge in [-0.15, -0.1) is 11.3 Å². The van der Waals surface area contributed by atoms with Crippen LogP contribution in [-0.2, 0) is 17.6 Å². The molecule has 3 rings (SSSR count). The average Bonchev–Trinajstić information content (AvgIpc) is 2.82. The highest BCUT2D eigenvalue weighted by Gasteiger charge is 2.40. The Balaban J connectivity index is 1.98. The van der Waals surface area contributed by atoms with Crippen LogP contribution in [0.5, 0.6) is 5.75 Å². The van der Waals surface area contributed by atoms with Crippen molar-refractivity contribution >= 4 is 33.8 Å². The summed E-state index contributed by atoms with van der Waals surface area (Å²) < 4.78 is 43.4. The summed E-state index contributed by atoms with van der Waals surface area (Å²) in [6.07, 6.45) is -1.05. The van der Waals surface area contributed by atoms with Gasteiger partial charge in [-0.05, 0) is 43.4 Å². The van der Waals surface area contributed by atoms with E-state index in [0.29, 0.717) is 29.8 Å². The Kier molecular flexibility index (Phi) is 5.93. The van der Waals surface area contributed by atoms with Crippen LogP contribution in [0, 0.1) is 0 Å². The average molecular weight is 412 g/mol. The van der Waals surface area contributed by atoms with Gasteiger partial charge in [0.05, 0.1) is 18.4 Å². The minimum absolute atomic E-state index is 0.0679. The zero-order chi connectivity index (χ0) is 20.3. The Morgan fingerprint density at radius 2 is 1.79 bits per heavy atom. The first kappa shape index (κ1) is 20.2. The number of alkyl halides is 3. The van der Waals surface area contributed by atoms with Crippen LogP contribution < -0.4 is 15.4 Å². The van der Waals surface area contributed by atoms with Gasteiger partial charge in [0.25, 0.3) is 5.91 Å². The van der Waals surface area contributed by atoms with Crippen molar-refractivity contribution in [3.05, 3.63) is 40.3 Å². The molecule has 0 unspecified atom stereocenters. The molecular weight excluding hydrogens is 393 g/mol. The maximum Gasteiger partial charge on any atom is 0.471 e. The summed E-state index contributed by atoms with van der Waals surface area (Å²) in [7, 11) is 1.45. The Labute approximate surface area is 163 Å². The maximum atomic E-state index is 13.0. The molecule has 0 saturated heterocycles. The van der Waals surface area contributed by atoms with Gasteiger partial charge in [-0.25, -0.2) is 0 Å². The zero-order valence-electron chi connectivity index (χ0n) is 15.1. The number of thiophene rings is 1. The SMILES string of the molecule is COc1ccccc1NC(=O)c1c(NC(=O)C(F)(F)F)sc2c1CCCCC2. The lowest BCUT2D eigenvalue weighted by Crippen LogP contribution is -2.30. The van der Waals surface area contributed by atoms with Crippen molar-refractivity contribution in [2.24, 2.45) is 0 Å². The predicted molar refractivity (Wildman–Crippen MR) is 101 cm³/mol. The number of nitrogens with one attached hydrogen (secondary N) is 2. The van der Waals surface area contributed by atoms with Gasteiger partial charge in [-0.2, -0.15) is 13.2 Å². The Bertz CT molecular complexity index is 893. The number of para-hydroxylation sites is 2. The lowest BCUT2D eigenvalue weighted by atomic mass is 10.0. The van der Waals surface area contributed by atoms with E-state index in [1.807, 2.05) is 5.32 Å². The van der Waals surface area contributed by atoms with Crippen molar-refractivity contribution in [2.75, 3.05) is 17.7 Å². The summed E-state index contributed by atoms with van der Waals surface area (Å²) in [5.74, 6) is -2.23. The van der Waals surface area contributed by atoms with Gasteiger partial charge in [0.2, 0.25) is 0 Å². The number of hydrogen-bond donors (Lipinski definition) is 2. The predicted octanol–water partition coefficient (Wildman–Crippen LogP) is 4.78. The van der Waals surface area contributed by atoms with E-state index in [9.17, 15) is 22.8 Å². The molecule has 9 heteroatoms. The number of rotatable bonds is 4. The lowest BCUT2D eigenvalue weighted by molar-refractivity contribution is -0.167. The number of carbonyl (C=O) groups is 2. The summed E-state index contributed by atoms with van der Waals surface area (Å²) in [6.45, 7) is 0. The minimum atomic E-state index is -5.03. The third-order valence-electron chi connectivity index (χ3n) is 4.49. The summed E-state index contributed by atoms with van der Waals surface area (Å²) in [5, 5.41) is 4.51. The van der Waals surface area contributed by atoms with Crippen molar-refractivity contribution in [1.82, 2.24) is 0 Å². The lowest BCUT2D eigenvalue weighted by Gasteiger charge is -2.13. The van der Waals surface area contributed by atoms with E-state index in [-0.39, 0.29) is 10.6 Å². The van der Waals surface area contributed by atoms with Crippen molar-refractivity contribution in [3.63, 3.8) is 0 Å². The molecule has 0 aliphatic heterocycles. The highest BCUT2D eigenvalue weighted by molar-refractivity contribution is 7.17. The van der Waals surface area contributed by atoms with Crippen LogP contribution in [-0.4, -0.2) is 25.1 Å². The molecule has 0 atom stereocenters. The molecule has 1 aliphatic rings. The highest BCUT2D eigenvalue weighted by atomic mass is 32.1. The van der Waals surface area contributed by atoms with E-state index in [1.165, 1.54) is 7.11 Å². The fourth-order valence-corrected chi connectivity index (χ4v) is 4.46. The molecular formula is C19H19F3N2O3S. The third-order valence-corrected chi connectivity index (χ3v) is 5.70. The fraction of sp³-hybridized carbons (Fsp3) is 0.368. The molecule has 0 bridgehead atoms. The second-order valence-corrected chi connectivity index (χ2v) is 7.48. The van der Waals surface area contributed by atoms with Crippen LogP contribution >= 0.6 is 11.3 Å². The van der Waals surface area contributed by atoms with E-state index in [1.54, 1.807) is 24.3 Å². The van der Waals surface area contributed by atoms with Crippen LogP contribution in [0.1, 0.15) is 40.1 Å². The fourth-order valence-electron chi connectivity index (χ4n) is 3.18. The van der Waals surface area contributed by atoms with Gasteiger partial charge >= 0.3 is 12.1 Å². The van der Waals surface area contributed by atoms with Crippen molar-refractivity contribution in [2.45, 2.75) is 38.3 Å². The number of fused-ring (bicyclic) bond motifs is 1. The number of aryl methyl sites for hydroxylation is 1. The number of amides is 2. The minimum Gasteiger partial charge on any atom is -0.495 e. The molecule has 28 heavy (non-hydrogen) atoms. The summed E-state index contributed by atoms with van der Waals surface area (Å²) in [5.41, 5.74) is 1.22. The van der Waals surface area contributed by atoms with E-state index in [4.69, 9.17) is 4.74 Å². The van der Waals surface area contributed by atoms with Crippen molar-refractivity contribution in [3.8, 4) is 5.75 Å². The molecule has 2 N–H and O–H groups in total. The van der Waals surface area contributed by atoms with Gasteiger partial charge < -0.3 is 15.4 Å². The van der Waals surface area contributed by atoms with Gasteiger partial charge in [0, 0.05) is 4.88 Å². The molecule has 150 valence electrons. The number of benzene rings is 1. The molecule has 1 heterocycles. The van der Waals surface area contributed by atoms with Crippen LogP contribution in [0.3, 0.4) is 0 Å². The standard InChI is InChI=1S/C19H19F3N2O3S/c1-27-13-9-6-5-8-12(13)23-16(25)15-11-7-3-2-4-10-14(11)28-17(15)24-18(26)19(20,21)22/h5-6,8-9H,2-4,7,10H2,1H3,(H,23,25)(H,24,26). The van der Waals surface area contributed by atoms with E-state index in [2.05, 4.69) is 5.32 Å². The smallest absolute Gasteiger partial charge is 0.471 e. The topological polar surface area (TPSA) is 67.4 Å². The molecule has 0 saturated carbocycles. The second kappa shape index (κ2) is 8.22. The normalized spacial score (nSPS) is 14.0. The van der Waals surface area contributed by atoms with Gasteiger partial charge in [-0.1, -0.05) is 18.6 Å². The Morgan fingerprint density at radius 1 is 1.07 bits per heavy atom. The maximum absolute atomic E-state index is 13.0. The molecule has 2 amide bonds.